The topological polar surface area (TPSA) is 29.3 Å². The maximum Gasteiger partial charge on any atom is 0.0328 e. The molecule has 1 fully saturated rings. The van der Waals surface area contributed by atoms with E-state index in [0.29, 0.717) is 6.04 Å². The molecule has 1 aliphatic carbocycles. The number of hydrogen-bond acceptors (Lipinski definition) is 3. The van der Waals surface area contributed by atoms with E-state index in [4.69, 9.17) is 5.73 Å². The minimum atomic E-state index is 0.574. The number of rotatable bonds is 5. The number of hydrogen-bond donors (Lipinski definition) is 1. The Hall–Kier alpha value is -0.380. The van der Waals surface area contributed by atoms with Crippen molar-refractivity contribution in [1.82, 2.24) is 4.90 Å². The summed E-state index contributed by atoms with van der Waals surface area (Å²) in [5.41, 5.74) is 5.94. The Kier molecular flexibility index (Phi) is 4.38. The van der Waals surface area contributed by atoms with Crippen LogP contribution < -0.4 is 5.73 Å². The summed E-state index contributed by atoms with van der Waals surface area (Å²) in [5, 5.41) is 2.15. The normalized spacial score (nSPS) is 19.4. The van der Waals surface area contributed by atoms with Gasteiger partial charge in [-0.1, -0.05) is 18.9 Å². The van der Waals surface area contributed by atoms with E-state index in [1.807, 2.05) is 11.3 Å². The molecular weight excluding hydrogens is 216 g/mol. The smallest absolute Gasteiger partial charge is 0.0328 e. The molecule has 2 N–H and O–H groups in total. The molecule has 0 amide bonds. The van der Waals surface area contributed by atoms with Crippen molar-refractivity contribution in [3.05, 3.63) is 22.4 Å². The molecule has 2 nitrogen and oxygen atoms in total. The van der Waals surface area contributed by atoms with E-state index in [9.17, 15) is 0 Å². The summed E-state index contributed by atoms with van der Waals surface area (Å²) in [7, 11) is 2.22. The molecule has 1 aromatic rings. The average molecular weight is 238 g/mol. The first-order chi connectivity index (χ1) is 7.81. The van der Waals surface area contributed by atoms with Crippen LogP contribution in [0.15, 0.2) is 17.5 Å². The summed E-state index contributed by atoms with van der Waals surface area (Å²) in [4.78, 5) is 3.89. The third-order valence-electron chi connectivity index (χ3n) is 3.74. The number of likely N-dealkylation sites (N-methyl/N-ethyl adjacent to an activating group) is 1. The SMILES string of the molecule is CN(Cc1cccs1)C(CN)C1CCCC1. The first-order valence-corrected chi connectivity index (χ1v) is 7.12. The zero-order chi connectivity index (χ0) is 11.4. The predicted molar refractivity (Wildman–Crippen MR) is 70.6 cm³/mol. The Labute approximate surface area is 102 Å². The third kappa shape index (κ3) is 2.84. The van der Waals surface area contributed by atoms with E-state index >= 15 is 0 Å². The second-order valence-electron chi connectivity index (χ2n) is 4.84. The van der Waals surface area contributed by atoms with Crippen molar-refractivity contribution in [3.8, 4) is 0 Å². The van der Waals surface area contributed by atoms with Gasteiger partial charge in [0.25, 0.3) is 0 Å². The van der Waals surface area contributed by atoms with Gasteiger partial charge in [0.1, 0.15) is 0 Å². The van der Waals surface area contributed by atoms with Gasteiger partial charge in [0, 0.05) is 24.0 Å². The fourth-order valence-electron chi connectivity index (χ4n) is 2.84. The molecule has 0 spiro atoms. The van der Waals surface area contributed by atoms with Gasteiger partial charge in [-0.05, 0) is 37.3 Å². The highest BCUT2D eigenvalue weighted by Crippen LogP contribution is 2.30. The molecule has 3 heteroatoms. The zero-order valence-corrected chi connectivity index (χ0v) is 10.9. The van der Waals surface area contributed by atoms with Crippen LogP contribution >= 0.6 is 11.3 Å². The molecule has 1 aliphatic rings. The lowest BCUT2D eigenvalue weighted by atomic mass is 9.97. The van der Waals surface area contributed by atoms with Crippen molar-refractivity contribution in [1.29, 1.82) is 0 Å². The molecular formula is C13H22N2S. The quantitative estimate of drug-likeness (QED) is 0.854. The summed E-state index contributed by atoms with van der Waals surface area (Å²) < 4.78 is 0. The molecule has 2 rings (SSSR count). The van der Waals surface area contributed by atoms with Gasteiger partial charge in [0.2, 0.25) is 0 Å². The Balaban J connectivity index is 1.92. The Morgan fingerprint density at radius 2 is 2.25 bits per heavy atom. The van der Waals surface area contributed by atoms with Gasteiger partial charge in [-0.25, -0.2) is 0 Å². The molecule has 0 saturated heterocycles. The van der Waals surface area contributed by atoms with Gasteiger partial charge in [0.05, 0.1) is 0 Å². The van der Waals surface area contributed by atoms with Gasteiger partial charge in [0.15, 0.2) is 0 Å². The van der Waals surface area contributed by atoms with E-state index in [0.717, 1.165) is 19.0 Å². The minimum Gasteiger partial charge on any atom is -0.329 e. The van der Waals surface area contributed by atoms with Crippen LogP contribution in [0.25, 0.3) is 0 Å². The lowest BCUT2D eigenvalue weighted by molar-refractivity contribution is 0.175. The highest BCUT2D eigenvalue weighted by Gasteiger charge is 2.26. The maximum atomic E-state index is 5.94. The van der Waals surface area contributed by atoms with E-state index < -0.39 is 0 Å². The average Bonchev–Trinajstić information content (AvgIpc) is 2.91. The molecule has 1 heterocycles. The van der Waals surface area contributed by atoms with E-state index in [2.05, 4.69) is 29.5 Å². The molecule has 0 radical (unpaired) electrons. The highest BCUT2D eigenvalue weighted by atomic mass is 32.1. The molecule has 90 valence electrons. The fourth-order valence-corrected chi connectivity index (χ4v) is 3.61. The summed E-state index contributed by atoms with van der Waals surface area (Å²) in [6, 6.07) is 4.91. The van der Waals surface area contributed by atoms with Crippen LogP contribution in [0.3, 0.4) is 0 Å². The summed E-state index contributed by atoms with van der Waals surface area (Å²) in [5.74, 6) is 0.829. The Morgan fingerprint density at radius 1 is 1.50 bits per heavy atom. The Bertz CT molecular complexity index is 291. The first-order valence-electron chi connectivity index (χ1n) is 6.24. The second kappa shape index (κ2) is 5.80. The monoisotopic (exact) mass is 238 g/mol. The number of thiophene rings is 1. The number of nitrogens with two attached hydrogens (primary N) is 1. The minimum absolute atomic E-state index is 0.574. The largest absolute Gasteiger partial charge is 0.329 e. The lowest BCUT2D eigenvalue weighted by Crippen LogP contribution is -2.42. The van der Waals surface area contributed by atoms with Crippen molar-refractivity contribution in [2.75, 3.05) is 13.6 Å². The molecule has 0 aliphatic heterocycles. The van der Waals surface area contributed by atoms with Gasteiger partial charge in [-0.3, -0.25) is 4.90 Å². The highest BCUT2D eigenvalue weighted by molar-refractivity contribution is 7.09. The van der Waals surface area contributed by atoms with E-state index in [1.54, 1.807) is 0 Å². The van der Waals surface area contributed by atoms with Crippen LogP contribution in [-0.2, 0) is 6.54 Å². The summed E-state index contributed by atoms with van der Waals surface area (Å²) in [6.07, 6.45) is 5.54. The van der Waals surface area contributed by atoms with Crippen molar-refractivity contribution >= 4 is 11.3 Å². The molecule has 1 unspecified atom stereocenters. The van der Waals surface area contributed by atoms with Crippen molar-refractivity contribution in [2.45, 2.75) is 38.3 Å². The van der Waals surface area contributed by atoms with Crippen LogP contribution in [0.5, 0.6) is 0 Å². The van der Waals surface area contributed by atoms with E-state index in [1.165, 1.54) is 30.6 Å². The van der Waals surface area contributed by atoms with Crippen LogP contribution in [0, 0.1) is 5.92 Å². The van der Waals surface area contributed by atoms with E-state index in [-0.39, 0.29) is 0 Å². The molecule has 1 atom stereocenters. The maximum absolute atomic E-state index is 5.94. The first kappa shape index (κ1) is 12.1. The van der Waals surface area contributed by atoms with Gasteiger partial charge >= 0.3 is 0 Å². The standard InChI is InChI=1S/C13H22N2S/c1-15(10-12-7-4-8-16-12)13(9-14)11-5-2-3-6-11/h4,7-8,11,13H,2-3,5-6,9-10,14H2,1H3. The predicted octanol–water partition coefficient (Wildman–Crippen LogP) is 2.70. The number of nitrogens with zero attached hydrogens (tertiary/aromatic N) is 1. The molecule has 1 saturated carbocycles. The zero-order valence-electron chi connectivity index (χ0n) is 10.1. The molecule has 1 aromatic heterocycles. The molecule has 0 bridgehead atoms. The second-order valence-corrected chi connectivity index (χ2v) is 5.87. The molecule has 16 heavy (non-hydrogen) atoms. The summed E-state index contributed by atoms with van der Waals surface area (Å²) >= 11 is 1.84. The van der Waals surface area contributed by atoms with Gasteiger partial charge in [-0.15, -0.1) is 11.3 Å². The van der Waals surface area contributed by atoms with Gasteiger partial charge in [-0.2, -0.15) is 0 Å². The van der Waals surface area contributed by atoms with Crippen molar-refractivity contribution < 1.29 is 0 Å². The lowest BCUT2D eigenvalue weighted by Gasteiger charge is -2.31. The van der Waals surface area contributed by atoms with Gasteiger partial charge < -0.3 is 5.73 Å². The third-order valence-corrected chi connectivity index (χ3v) is 4.60. The Morgan fingerprint density at radius 3 is 2.81 bits per heavy atom. The van der Waals surface area contributed by atoms with Crippen LogP contribution in [0.2, 0.25) is 0 Å². The molecule has 0 aromatic carbocycles. The van der Waals surface area contributed by atoms with Crippen LogP contribution in [-0.4, -0.2) is 24.5 Å². The fraction of sp³-hybridized carbons (Fsp3) is 0.692. The summed E-state index contributed by atoms with van der Waals surface area (Å²) in [6.45, 7) is 1.85. The van der Waals surface area contributed by atoms with Crippen LogP contribution in [0.1, 0.15) is 30.6 Å². The van der Waals surface area contributed by atoms with Crippen LogP contribution in [0.4, 0.5) is 0 Å². The van der Waals surface area contributed by atoms with Crippen molar-refractivity contribution in [2.24, 2.45) is 11.7 Å². The van der Waals surface area contributed by atoms with Crippen molar-refractivity contribution in [3.63, 3.8) is 0 Å².